The molecular formula is C18H17N3O2S2. The molecule has 4 rings (SSSR count). The summed E-state index contributed by atoms with van der Waals surface area (Å²) in [7, 11) is 0. The maximum Gasteiger partial charge on any atom is 0.263 e. The summed E-state index contributed by atoms with van der Waals surface area (Å²) in [6.45, 7) is 4.14. The van der Waals surface area contributed by atoms with Gasteiger partial charge in [-0.2, -0.15) is 0 Å². The molecule has 3 aromatic heterocycles. The monoisotopic (exact) mass is 371 g/mol. The lowest BCUT2D eigenvalue weighted by Gasteiger charge is -2.10. The number of fused-ring (bicyclic) bond motifs is 3. The van der Waals surface area contributed by atoms with Crippen LogP contribution in [-0.2, 0) is 19.4 Å². The van der Waals surface area contributed by atoms with E-state index < -0.39 is 0 Å². The number of aromatic nitrogens is 3. The van der Waals surface area contributed by atoms with Crippen LogP contribution in [-0.4, -0.2) is 26.1 Å². The Balaban J connectivity index is 1.72. The lowest BCUT2D eigenvalue weighted by atomic mass is 10.2. The fourth-order valence-electron chi connectivity index (χ4n) is 3.17. The van der Waals surface area contributed by atoms with E-state index in [1.165, 1.54) is 22.2 Å². The predicted octanol–water partition coefficient (Wildman–Crippen LogP) is 3.44. The number of rotatable bonds is 6. The fourth-order valence-corrected chi connectivity index (χ4v) is 5.36. The summed E-state index contributed by atoms with van der Waals surface area (Å²) in [6.07, 6.45) is 6.52. The van der Waals surface area contributed by atoms with Gasteiger partial charge in [-0.3, -0.25) is 14.2 Å². The number of hydrogen-bond donors (Lipinski definition) is 1. The van der Waals surface area contributed by atoms with Crippen molar-refractivity contribution < 1.29 is 4.79 Å². The van der Waals surface area contributed by atoms with Crippen LogP contribution in [0.1, 0.15) is 27.3 Å². The van der Waals surface area contributed by atoms with E-state index in [4.69, 9.17) is 4.98 Å². The van der Waals surface area contributed by atoms with Crippen molar-refractivity contribution in [1.82, 2.24) is 14.5 Å². The number of H-pyrrole nitrogens is 1. The van der Waals surface area contributed by atoms with Gasteiger partial charge in [-0.15, -0.1) is 17.9 Å². The molecule has 0 unspecified atom stereocenters. The summed E-state index contributed by atoms with van der Waals surface area (Å²) in [4.78, 5) is 34.9. The molecule has 5 nitrogen and oxygen atoms in total. The molecule has 0 aliphatic heterocycles. The van der Waals surface area contributed by atoms with Gasteiger partial charge in [0.25, 0.3) is 5.56 Å². The molecule has 1 N–H and O–H groups in total. The van der Waals surface area contributed by atoms with Gasteiger partial charge in [-0.05, 0) is 37.0 Å². The van der Waals surface area contributed by atoms with Crippen molar-refractivity contribution in [2.24, 2.45) is 0 Å². The molecule has 0 atom stereocenters. The first kappa shape index (κ1) is 16.4. The minimum atomic E-state index is -0.0147. The first-order valence-electron chi connectivity index (χ1n) is 8.14. The van der Waals surface area contributed by atoms with Gasteiger partial charge >= 0.3 is 0 Å². The first-order valence-corrected chi connectivity index (χ1v) is 9.94. The van der Waals surface area contributed by atoms with Crippen LogP contribution in [0.4, 0.5) is 0 Å². The first-order chi connectivity index (χ1) is 12.2. The fraction of sp³-hybridized carbons (Fsp3) is 0.278. The third kappa shape index (κ3) is 2.87. The number of aryl methyl sites for hydroxylation is 2. The van der Waals surface area contributed by atoms with E-state index in [-0.39, 0.29) is 17.1 Å². The van der Waals surface area contributed by atoms with Crippen molar-refractivity contribution >= 4 is 39.1 Å². The summed E-state index contributed by atoms with van der Waals surface area (Å²) in [5.74, 6) is 0.226. The van der Waals surface area contributed by atoms with E-state index in [2.05, 4.69) is 11.6 Å². The highest BCUT2D eigenvalue weighted by Crippen LogP contribution is 2.35. The van der Waals surface area contributed by atoms with Crippen LogP contribution in [0.25, 0.3) is 10.2 Å². The second kappa shape index (κ2) is 6.65. The van der Waals surface area contributed by atoms with Crippen molar-refractivity contribution in [3.8, 4) is 0 Å². The van der Waals surface area contributed by atoms with Crippen LogP contribution in [0.5, 0.6) is 0 Å². The SMILES string of the molecule is C=CCn1c(SCC(=O)c2ccc[nH]2)nc2sc3c(c2c1=O)CCC3. The number of ketones is 1. The molecule has 1 aliphatic carbocycles. The summed E-state index contributed by atoms with van der Waals surface area (Å²) >= 11 is 2.92. The lowest BCUT2D eigenvalue weighted by Crippen LogP contribution is -2.23. The third-order valence-corrected chi connectivity index (χ3v) is 6.49. The summed E-state index contributed by atoms with van der Waals surface area (Å²) < 4.78 is 1.63. The number of nitrogens with one attached hydrogen (secondary N) is 1. The molecule has 0 saturated heterocycles. The molecule has 0 aromatic carbocycles. The zero-order valence-corrected chi connectivity index (χ0v) is 15.2. The third-order valence-electron chi connectivity index (χ3n) is 4.33. The number of aromatic amines is 1. The minimum Gasteiger partial charge on any atom is -0.359 e. The summed E-state index contributed by atoms with van der Waals surface area (Å²) in [5, 5.41) is 1.34. The van der Waals surface area contributed by atoms with E-state index in [1.807, 2.05) is 0 Å². The average Bonchev–Trinajstić information content (AvgIpc) is 3.31. The number of nitrogens with zero attached hydrogens (tertiary/aromatic N) is 2. The van der Waals surface area contributed by atoms with E-state index in [1.54, 1.807) is 40.3 Å². The van der Waals surface area contributed by atoms with Crippen molar-refractivity contribution in [3.63, 3.8) is 0 Å². The van der Waals surface area contributed by atoms with Crippen molar-refractivity contribution in [3.05, 3.63) is 57.5 Å². The van der Waals surface area contributed by atoms with Gasteiger partial charge in [0, 0.05) is 17.6 Å². The molecule has 0 saturated carbocycles. The second-order valence-corrected chi connectivity index (χ2v) is 7.96. The molecule has 128 valence electrons. The molecule has 25 heavy (non-hydrogen) atoms. The Kier molecular flexibility index (Phi) is 4.35. The average molecular weight is 371 g/mol. The number of thioether (sulfide) groups is 1. The Morgan fingerprint density at radius 2 is 2.36 bits per heavy atom. The lowest BCUT2D eigenvalue weighted by molar-refractivity contribution is 0.101. The largest absolute Gasteiger partial charge is 0.359 e. The van der Waals surface area contributed by atoms with Crippen LogP contribution in [0, 0.1) is 0 Å². The van der Waals surface area contributed by atoms with E-state index >= 15 is 0 Å². The van der Waals surface area contributed by atoms with Gasteiger partial charge in [0.1, 0.15) is 4.83 Å². The molecular weight excluding hydrogens is 354 g/mol. The Labute approximate surface area is 152 Å². The Morgan fingerprint density at radius 3 is 3.12 bits per heavy atom. The molecule has 0 fully saturated rings. The quantitative estimate of drug-likeness (QED) is 0.312. The number of Topliss-reactive ketones (excluding diaryl/α,β-unsaturated/α-hetero) is 1. The van der Waals surface area contributed by atoms with Gasteiger partial charge in [-0.25, -0.2) is 4.98 Å². The zero-order chi connectivity index (χ0) is 17.4. The number of thiophene rings is 1. The smallest absolute Gasteiger partial charge is 0.263 e. The van der Waals surface area contributed by atoms with E-state index in [0.29, 0.717) is 17.4 Å². The summed E-state index contributed by atoms with van der Waals surface area (Å²) in [6, 6.07) is 3.54. The van der Waals surface area contributed by atoms with Crippen LogP contribution in [0.2, 0.25) is 0 Å². The predicted molar refractivity (Wildman–Crippen MR) is 102 cm³/mol. The molecule has 3 heterocycles. The Bertz CT molecular complexity index is 1020. The van der Waals surface area contributed by atoms with Crippen molar-refractivity contribution in [2.45, 2.75) is 31.0 Å². The number of hydrogen-bond acceptors (Lipinski definition) is 5. The molecule has 3 aromatic rings. The number of carbonyl (C=O) groups excluding carboxylic acids is 1. The number of allylic oxidation sites excluding steroid dienone is 1. The maximum absolute atomic E-state index is 13.0. The molecule has 0 radical (unpaired) electrons. The van der Waals surface area contributed by atoms with E-state index in [0.717, 1.165) is 29.5 Å². The molecule has 0 bridgehead atoms. The van der Waals surface area contributed by atoms with E-state index in [9.17, 15) is 9.59 Å². The van der Waals surface area contributed by atoms with Gasteiger partial charge in [0.05, 0.1) is 16.8 Å². The molecule has 0 amide bonds. The second-order valence-electron chi connectivity index (χ2n) is 5.93. The molecule has 0 spiro atoms. The maximum atomic E-state index is 13.0. The van der Waals surface area contributed by atoms with Crippen molar-refractivity contribution in [2.75, 3.05) is 5.75 Å². The molecule has 7 heteroatoms. The highest BCUT2D eigenvalue weighted by molar-refractivity contribution is 7.99. The van der Waals surface area contributed by atoms with Gasteiger partial charge < -0.3 is 4.98 Å². The summed E-state index contributed by atoms with van der Waals surface area (Å²) in [5.41, 5.74) is 1.73. The highest BCUT2D eigenvalue weighted by Gasteiger charge is 2.23. The zero-order valence-electron chi connectivity index (χ0n) is 13.6. The topological polar surface area (TPSA) is 67.8 Å². The van der Waals surface area contributed by atoms with Crippen molar-refractivity contribution in [1.29, 1.82) is 0 Å². The molecule has 1 aliphatic rings. The Hall–Kier alpha value is -2.12. The van der Waals surface area contributed by atoms with Gasteiger partial charge in [0.2, 0.25) is 0 Å². The van der Waals surface area contributed by atoms with Crippen LogP contribution in [0.3, 0.4) is 0 Å². The highest BCUT2D eigenvalue weighted by atomic mass is 32.2. The standard InChI is InChI=1S/C18H17N3O2S2/c1-2-9-21-17(23)15-11-5-3-7-14(11)25-16(15)20-18(21)24-10-13(22)12-6-4-8-19-12/h2,4,6,8,19H,1,3,5,7,9-10H2. The normalized spacial score (nSPS) is 13.3. The minimum absolute atomic E-state index is 0.0110. The van der Waals surface area contributed by atoms with Crippen LogP contribution < -0.4 is 5.56 Å². The van der Waals surface area contributed by atoms with Gasteiger partial charge in [-0.1, -0.05) is 17.8 Å². The van der Waals surface area contributed by atoms with Crippen LogP contribution >= 0.6 is 23.1 Å². The van der Waals surface area contributed by atoms with Crippen LogP contribution in [0.15, 0.2) is 40.9 Å². The van der Waals surface area contributed by atoms with Gasteiger partial charge in [0.15, 0.2) is 10.9 Å². The Morgan fingerprint density at radius 1 is 1.48 bits per heavy atom. The number of carbonyl (C=O) groups is 1.